The summed E-state index contributed by atoms with van der Waals surface area (Å²) in [4.78, 5) is 0. The lowest BCUT2D eigenvalue weighted by Crippen LogP contribution is -2.34. The van der Waals surface area contributed by atoms with Crippen LogP contribution in [0.1, 0.15) is 43.5 Å². The smallest absolute Gasteiger partial charge is 0.0641 e. The zero-order valence-electron chi connectivity index (χ0n) is 11.8. The summed E-state index contributed by atoms with van der Waals surface area (Å²) in [6, 6.07) is 0.388. The summed E-state index contributed by atoms with van der Waals surface area (Å²) in [6.45, 7) is 7.14. The summed E-state index contributed by atoms with van der Waals surface area (Å²) in [5, 5.41) is 8.15. The first-order valence-electron chi connectivity index (χ1n) is 7.03. The van der Waals surface area contributed by atoms with Crippen LogP contribution in [0.15, 0.2) is 6.20 Å². The highest BCUT2D eigenvalue weighted by Crippen LogP contribution is 2.30. The molecule has 1 N–H and O–H groups in total. The first-order valence-corrected chi connectivity index (χ1v) is 7.03. The molecule has 2 heterocycles. The Bertz CT molecular complexity index is 369. The molecule has 1 aliphatic rings. The predicted molar refractivity (Wildman–Crippen MR) is 72.5 cm³/mol. The normalized spacial score (nSPS) is 22.1. The van der Waals surface area contributed by atoms with Crippen LogP contribution in [0.5, 0.6) is 0 Å². The van der Waals surface area contributed by atoms with Crippen LogP contribution in [0.4, 0.5) is 0 Å². The Labute approximate surface area is 110 Å². The van der Waals surface area contributed by atoms with E-state index in [4.69, 9.17) is 4.74 Å². The van der Waals surface area contributed by atoms with Crippen molar-refractivity contribution in [3.8, 4) is 0 Å². The van der Waals surface area contributed by atoms with E-state index in [0.29, 0.717) is 12.0 Å². The molecule has 4 nitrogen and oxygen atoms in total. The van der Waals surface area contributed by atoms with Gasteiger partial charge >= 0.3 is 0 Å². The Balaban J connectivity index is 2.15. The quantitative estimate of drug-likeness (QED) is 0.872. The van der Waals surface area contributed by atoms with E-state index in [0.717, 1.165) is 31.9 Å². The van der Waals surface area contributed by atoms with Gasteiger partial charge in [-0.3, -0.25) is 4.68 Å². The van der Waals surface area contributed by atoms with Gasteiger partial charge in [-0.05, 0) is 32.7 Å². The zero-order chi connectivity index (χ0) is 13.0. The lowest BCUT2D eigenvalue weighted by Gasteiger charge is -2.31. The van der Waals surface area contributed by atoms with Crippen molar-refractivity contribution in [3.05, 3.63) is 17.5 Å². The lowest BCUT2D eigenvalue weighted by atomic mass is 9.89. The molecular weight excluding hydrogens is 226 g/mol. The van der Waals surface area contributed by atoms with Gasteiger partial charge in [0, 0.05) is 37.4 Å². The molecule has 1 aliphatic heterocycles. The maximum absolute atomic E-state index is 5.64. The van der Waals surface area contributed by atoms with E-state index in [1.54, 1.807) is 0 Å². The molecule has 18 heavy (non-hydrogen) atoms. The van der Waals surface area contributed by atoms with Crippen molar-refractivity contribution in [1.82, 2.24) is 15.1 Å². The van der Waals surface area contributed by atoms with Crippen LogP contribution < -0.4 is 5.32 Å². The van der Waals surface area contributed by atoms with Gasteiger partial charge in [0.2, 0.25) is 0 Å². The topological polar surface area (TPSA) is 39.1 Å². The summed E-state index contributed by atoms with van der Waals surface area (Å²) in [6.07, 6.45) is 5.73. The van der Waals surface area contributed by atoms with Crippen LogP contribution in [-0.4, -0.2) is 29.5 Å². The van der Waals surface area contributed by atoms with Crippen LogP contribution in [0.25, 0.3) is 0 Å². The second-order valence-electron chi connectivity index (χ2n) is 5.25. The molecule has 2 atom stereocenters. The molecule has 1 aromatic rings. The molecule has 1 saturated heterocycles. The lowest BCUT2D eigenvalue weighted by molar-refractivity contribution is 0.0389. The van der Waals surface area contributed by atoms with Gasteiger partial charge in [-0.15, -0.1) is 0 Å². The number of nitrogens with zero attached hydrogens (tertiary/aromatic N) is 2. The standard InChI is InChI=1S/C14H25N3O/c1-4-7-15-14(12-6-5-8-18-10-12)13-9-17(3)16-11(13)2/h9,12,14-15H,4-8,10H2,1-3H3. The van der Waals surface area contributed by atoms with Gasteiger partial charge in [0.1, 0.15) is 0 Å². The number of rotatable bonds is 5. The van der Waals surface area contributed by atoms with Gasteiger partial charge in [-0.1, -0.05) is 6.92 Å². The maximum atomic E-state index is 5.64. The molecule has 2 unspecified atom stereocenters. The highest BCUT2D eigenvalue weighted by atomic mass is 16.5. The summed E-state index contributed by atoms with van der Waals surface area (Å²) in [5.74, 6) is 0.577. The minimum Gasteiger partial charge on any atom is -0.381 e. The van der Waals surface area contributed by atoms with Gasteiger partial charge in [0.05, 0.1) is 12.3 Å². The minimum absolute atomic E-state index is 0.388. The fraction of sp³-hybridized carbons (Fsp3) is 0.786. The molecule has 1 aromatic heterocycles. The Morgan fingerprint density at radius 1 is 1.61 bits per heavy atom. The molecule has 2 rings (SSSR count). The molecule has 0 saturated carbocycles. The highest BCUT2D eigenvalue weighted by molar-refractivity contribution is 5.21. The van der Waals surface area contributed by atoms with Crippen molar-refractivity contribution in [2.45, 2.75) is 39.2 Å². The number of hydrogen-bond donors (Lipinski definition) is 1. The first-order chi connectivity index (χ1) is 8.72. The molecule has 102 valence electrons. The summed E-state index contributed by atoms with van der Waals surface area (Å²) < 4.78 is 7.56. The largest absolute Gasteiger partial charge is 0.381 e. The molecule has 0 bridgehead atoms. The van der Waals surface area contributed by atoms with E-state index in [9.17, 15) is 0 Å². The molecule has 0 aromatic carbocycles. The monoisotopic (exact) mass is 251 g/mol. The summed E-state index contributed by atoms with van der Waals surface area (Å²) in [5.41, 5.74) is 2.47. The van der Waals surface area contributed by atoms with Gasteiger partial charge in [0.15, 0.2) is 0 Å². The fourth-order valence-electron chi connectivity index (χ4n) is 2.78. The van der Waals surface area contributed by atoms with Crippen molar-refractivity contribution in [2.24, 2.45) is 13.0 Å². The summed E-state index contributed by atoms with van der Waals surface area (Å²) in [7, 11) is 1.99. The molecule has 0 radical (unpaired) electrons. The van der Waals surface area contributed by atoms with E-state index in [1.165, 1.54) is 18.4 Å². The van der Waals surface area contributed by atoms with Crippen LogP contribution in [0.2, 0.25) is 0 Å². The Kier molecular flexibility index (Phi) is 4.78. The maximum Gasteiger partial charge on any atom is 0.0641 e. The van der Waals surface area contributed by atoms with Gasteiger partial charge in [-0.25, -0.2) is 0 Å². The Hall–Kier alpha value is -0.870. The van der Waals surface area contributed by atoms with E-state index < -0.39 is 0 Å². The fourth-order valence-corrected chi connectivity index (χ4v) is 2.78. The average molecular weight is 251 g/mol. The van der Waals surface area contributed by atoms with Gasteiger partial charge in [-0.2, -0.15) is 5.10 Å². The average Bonchev–Trinajstić information content (AvgIpc) is 2.70. The van der Waals surface area contributed by atoms with Crippen LogP contribution in [0, 0.1) is 12.8 Å². The third kappa shape index (κ3) is 3.12. The first kappa shape index (κ1) is 13.6. The minimum atomic E-state index is 0.388. The number of ether oxygens (including phenoxy) is 1. The number of aromatic nitrogens is 2. The van der Waals surface area contributed by atoms with Gasteiger partial charge < -0.3 is 10.1 Å². The molecule has 0 spiro atoms. The van der Waals surface area contributed by atoms with Crippen LogP contribution in [-0.2, 0) is 11.8 Å². The van der Waals surface area contributed by atoms with E-state index in [1.807, 2.05) is 11.7 Å². The Morgan fingerprint density at radius 3 is 3.00 bits per heavy atom. The van der Waals surface area contributed by atoms with Crippen molar-refractivity contribution < 1.29 is 4.74 Å². The molecule has 0 aliphatic carbocycles. The van der Waals surface area contributed by atoms with E-state index >= 15 is 0 Å². The third-order valence-electron chi connectivity index (χ3n) is 3.67. The molecule has 4 heteroatoms. The second kappa shape index (κ2) is 6.34. The number of hydrogen-bond acceptors (Lipinski definition) is 3. The van der Waals surface area contributed by atoms with Crippen molar-refractivity contribution >= 4 is 0 Å². The van der Waals surface area contributed by atoms with Crippen molar-refractivity contribution in [3.63, 3.8) is 0 Å². The Morgan fingerprint density at radius 2 is 2.44 bits per heavy atom. The summed E-state index contributed by atoms with van der Waals surface area (Å²) >= 11 is 0. The highest BCUT2D eigenvalue weighted by Gasteiger charge is 2.27. The molecule has 0 amide bonds. The predicted octanol–water partition coefficient (Wildman–Crippen LogP) is 2.20. The third-order valence-corrected chi connectivity index (χ3v) is 3.67. The van der Waals surface area contributed by atoms with E-state index in [-0.39, 0.29) is 0 Å². The molecule has 1 fully saturated rings. The van der Waals surface area contributed by atoms with Gasteiger partial charge in [0.25, 0.3) is 0 Å². The van der Waals surface area contributed by atoms with Crippen LogP contribution >= 0.6 is 0 Å². The second-order valence-corrected chi connectivity index (χ2v) is 5.25. The van der Waals surface area contributed by atoms with E-state index in [2.05, 4.69) is 30.5 Å². The van der Waals surface area contributed by atoms with Crippen LogP contribution in [0.3, 0.4) is 0 Å². The van der Waals surface area contributed by atoms with Crippen molar-refractivity contribution in [2.75, 3.05) is 19.8 Å². The number of nitrogens with one attached hydrogen (secondary N) is 1. The number of aryl methyl sites for hydroxylation is 2. The zero-order valence-corrected chi connectivity index (χ0v) is 11.8. The molecular formula is C14H25N3O. The van der Waals surface area contributed by atoms with Crippen molar-refractivity contribution in [1.29, 1.82) is 0 Å². The SMILES string of the molecule is CCCNC(c1cn(C)nc1C)C1CCCOC1.